The van der Waals surface area contributed by atoms with Crippen LogP contribution >= 0.6 is 0 Å². The predicted octanol–water partition coefficient (Wildman–Crippen LogP) is 2.73. The van der Waals surface area contributed by atoms with E-state index < -0.39 is 27.7 Å². The first-order valence-electron chi connectivity index (χ1n) is 8.80. The Kier molecular flexibility index (Phi) is 6.12. The Labute approximate surface area is 173 Å². The maximum atomic E-state index is 13.6. The molecule has 3 rings (SSSR count). The zero-order chi connectivity index (χ0) is 21.7. The van der Waals surface area contributed by atoms with Gasteiger partial charge in [0.25, 0.3) is 21.8 Å². The number of hydrazine groups is 1. The molecule has 0 aliphatic carbocycles. The molecule has 154 valence electrons. The molecule has 0 spiro atoms. The Bertz CT molecular complexity index is 1180. The number of hydrogen-bond donors (Lipinski definition) is 2. The van der Waals surface area contributed by atoms with E-state index >= 15 is 0 Å². The number of anilines is 1. The fourth-order valence-corrected chi connectivity index (χ4v) is 3.87. The van der Waals surface area contributed by atoms with Gasteiger partial charge in [-0.2, -0.15) is 0 Å². The van der Waals surface area contributed by atoms with Gasteiger partial charge in [0.2, 0.25) is 0 Å². The van der Waals surface area contributed by atoms with Crippen LogP contribution in [0.15, 0.2) is 83.8 Å². The van der Waals surface area contributed by atoms with E-state index in [0.29, 0.717) is 5.69 Å². The molecule has 2 amide bonds. The van der Waals surface area contributed by atoms with Crippen molar-refractivity contribution in [3.63, 3.8) is 0 Å². The summed E-state index contributed by atoms with van der Waals surface area (Å²) in [7, 11) is -2.50. The van der Waals surface area contributed by atoms with Crippen LogP contribution in [-0.4, -0.2) is 27.3 Å². The second-order valence-electron chi connectivity index (χ2n) is 6.22. The first-order valence-corrected chi connectivity index (χ1v) is 10.2. The monoisotopic (exact) mass is 427 g/mol. The maximum Gasteiger partial charge on any atom is 0.272 e. The number of carbonyl (C=O) groups is 2. The second kappa shape index (κ2) is 8.75. The van der Waals surface area contributed by atoms with Crippen LogP contribution in [0.1, 0.15) is 20.7 Å². The van der Waals surface area contributed by atoms with Gasteiger partial charge < -0.3 is 0 Å². The minimum Gasteiger partial charge on any atom is -0.269 e. The van der Waals surface area contributed by atoms with E-state index in [1.54, 1.807) is 30.3 Å². The van der Waals surface area contributed by atoms with Crippen LogP contribution in [0.4, 0.5) is 10.1 Å². The summed E-state index contributed by atoms with van der Waals surface area (Å²) < 4.78 is 40.5. The van der Waals surface area contributed by atoms with Gasteiger partial charge in [0.05, 0.1) is 16.1 Å². The Balaban J connectivity index is 1.75. The van der Waals surface area contributed by atoms with Crippen LogP contribution in [0.5, 0.6) is 0 Å². The summed E-state index contributed by atoms with van der Waals surface area (Å²) in [5, 5.41) is 0. The van der Waals surface area contributed by atoms with E-state index in [1.165, 1.54) is 49.5 Å². The lowest BCUT2D eigenvalue weighted by Gasteiger charge is -2.19. The van der Waals surface area contributed by atoms with E-state index in [-0.39, 0.29) is 16.0 Å². The van der Waals surface area contributed by atoms with Crippen molar-refractivity contribution >= 4 is 27.5 Å². The third-order valence-electron chi connectivity index (χ3n) is 4.28. The topological polar surface area (TPSA) is 95.6 Å². The van der Waals surface area contributed by atoms with Crippen molar-refractivity contribution in [3.05, 3.63) is 95.8 Å². The van der Waals surface area contributed by atoms with Gasteiger partial charge in [-0.25, -0.2) is 12.8 Å². The molecule has 0 radical (unpaired) electrons. The average molecular weight is 427 g/mol. The summed E-state index contributed by atoms with van der Waals surface area (Å²) in [4.78, 5) is 24.3. The van der Waals surface area contributed by atoms with E-state index in [0.717, 1.165) is 10.4 Å². The number of hydrogen-bond acceptors (Lipinski definition) is 4. The summed E-state index contributed by atoms with van der Waals surface area (Å²) >= 11 is 0. The number of amides is 2. The SMILES string of the molecule is CN(c1ccccc1)S(=O)(=O)c1cccc(C(=O)NNC(=O)c2ccccc2F)c1. The first kappa shape index (κ1) is 21.0. The van der Waals surface area contributed by atoms with E-state index in [4.69, 9.17) is 0 Å². The van der Waals surface area contributed by atoms with Crippen LogP contribution in [0, 0.1) is 5.82 Å². The minimum atomic E-state index is -3.91. The van der Waals surface area contributed by atoms with Crippen molar-refractivity contribution in [2.45, 2.75) is 4.90 Å². The Hall–Kier alpha value is -3.72. The molecular formula is C21H18FN3O4S. The molecule has 0 saturated carbocycles. The lowest BCUT2D eigenvalue weighted by molar-refractivity contribution is 0.0844. The molecule has 0 saturated heterocycles. The Morgan fingerprint density at radius 1 is 0.833 bits per heavy atom. The average Bonchev–Trinajstić information content (AvgIpc) is 2.77. The van der Waals surface area contributed by atoms with E-state index in [2.05, 4.69) is 10.9 Å². The van der Waals surface area contributed by atoms with Crippen molar-refractivity contribution in [3.8, 4) is 0 Å². The van der Waals surface area contributed by atoms with Crippen molar-refractivity contribution in [1.29, 1.82) is 0 Å². The number of para-hydroxylation sites is 1. The smallest absolute Gasteiger partial charge is 0.269 e. The fourth-order valence-electron chi connectivity index (χ4n) is 2.63. The van der Waals surface area contributed by atoms with Crippen LogP contribution in [0.2, 0.25) is 0 Å². The third-order valence-corrected chi connectivity index (χ3v) is 6.06. The molecule has 9 heteroatoms. The van der Waals surface area contributed by atoms with Gasteiger partial charge in [-0.1, -0.05) is 36.4 Å². The second-order valence-corrected chi connectivity index (χ2v) is 8.19. The minimum absolute atomic E-state index is 0.00590. The third kappa shape index (κ3) is 4.47. The molecule has 0 bridgehead atoms. The molecule has 0 unspecified atom stereocenters. The molecule has 0 atom stereocenters. The molecule has 7 nitrogen and oxygen atoms in total. The highest BCUT2D eigenvalue weighted by Crippen LogP contribution is 2.22. The summed E-state index contributed by atoms with van der Waals surface area (Å²) in [6.45, 7) is 0. The quantitative estimate of drug-likeness (QED) is 0.612. The molecule has 0 fully saturated rings. The molecule has 2 N–H and O–H groups in total. The molecule has 0 heterocycles. The molecule has 3 aromatic rings. The largest absolute Gasteiger partial charge is 0.272 e. The molecular weight excluding hydrogens is 409 g/mol. The van der Waals surface area contributed by atoms with Gasteiger partial charge in [-0.15, -0.1) is 0 Å². The van der Waals surface area contributed by atoms with Crippen LogP contribution < -0.4 is 15.2 Å². The molecule has 0 aliphatic heterocycles. The zero-order valence-corrected chi connectivity index (χ0v) is 16.7. The van der Waals surface area contributed by atoms with Crippen molar-refractivity contribution in [2.75, 3.05) is 11.4 Å². The summed E-state index contributed by atoms with van der Waals surface area (Å²) in [6.07, 6.45) is 0. The van der Waals surface area contributed by atoms with E-state index in [9.17, 15) is 22.4 Å². The lowest BCUT2D eigenvalue weighted by Crippen LogP contribution is -2.42. The number of rotatable bonds is 5. The van der Waals surface area contributed by atoms with E-state index in [1.807, 2.05) is 0 Å². The number of nitrogens with one attached hydrogen (secondary N) is 2. The summed E-state index contributed by atoms with van der Waals surface area (Å²) in [5.41, 5.74) is 4.49. The number of carbonyl (C=O) groups excluding carboxylic acids is 2. The van der Waals surface area contributed by atoms with Crippen LogP contribution in [0.3, 0.4) is 0 Å². The first-order chi connectivity index (χ1) is 14.3. The highest BCUT2D eigenvalue weighted by molar-refractivity contribution is 7.92. The Morgan fingerprint density at radius 3 is 2.17 bits per heavy atom. The lowest BCUT2D eigenvalue weighted by atomic mass is 10.2. The Morgan fingerprint density at radius 2 is 1.47 bits per heavy atom. The van der Waals surface area contributed by atoms with Gasteiger partial charge in [0, 0.05) is 12.6 Å². The standard InChI is InChI=1S/C21H18FN3O4S/c1-25(16-9-3-2-4-10-16)30(28,29)17-11-7-8-15(14-17)20(26)23-24-21(27)18-12-5-6-13-19(18)22/h2-14H,1H3,(H,23,26)(H,24,27). The van der Waals surface area contributed by atoms with Gasteiger partial charge in [0.1, 0.15) is 5.82 Å². The molecule has 3 aromatic carbocycles. The van der Waals surface area contributed by atoms with Crippen molar-refractivity contribution in [2.24, 2.45) is 0 Å². The van der Waals surface area contributed by atoms with Gasteiger partial charge in [-0.3, -0.25) is 24.7 Å². The predicted molar refractivity (Wildman–Crippen MR) is 110 cm³/mol. The number of halogens is 1. The highest BCUT2D eigenvalue weighted by Gasteiger charge is 2.22. The zero-order valence-electron chi connectivity index (χ0n) is 15.9. The van der Waals surface area contributed by atoms with Crippen LogP contribution in [-0.2, 0) is 10.0 Å². The number of nitrogens with zero attached hydrogens (tertiary/aromatic N) is 1. The summed E-state index contributed by atoms with van der Waals surface area (Å²) in [6, 6.07) is 19.2. The van der Waals surface area contributed by atoms with Crippen molar-refractivity contribution in [1.82, 2.24) is 10.9 Å². The molecule has 30 heavy (non-hydrogen) atoms. The number of benzene rings is 3. The van der Waals surface area contributed by atoms with Gasteiger partial charge >= 0.3 is 0 Å². The normalized spacial score (nSPS) is 10.9. The molecule has 0 aliphatic rings. The summed E-state index contributed by atoms with van der Waals surface area (Å²) in [5.74, 6) is -2.32. The van der Waals surface area contributed by atoms with Crippen LogP contribution in [0.25, 0.3) is 0 Å². The van der Waals surface area contributed by atoms with Crippen molar-refractivity contribution < 1.29 is 22.4 Å². The highest BCUT2D eigenvalue weighted by atomic mass is 32.2. The van der Waals surface area contributed by atoms with Gasteiger partial charge in [-0.05, 0) is 42.5 Å². The molecule has 0 aromatic heterocycles. The number of sulfonamides is 1. The fraction of sp³-hybridized carbons (Fsp3) is 0.0476. The van der Waals surface area contributed by atoms with Gasteiger partial charge in [0.15, 0.2) is 0 Å². The maximum absolute atomic E-state index is 13.6.